The summed E-state index contributed by atoms with van der Waals surface area (Å²) in [7, 11) is 0. The number of rotatable bonds is 4. The van der Waals surface area contributed by atoms with Gasteiger partial charge in [-0.15, -0.1) is 0 Å². The summed E-state index contributed by atoms with van der Waals surface area (Å²) >= 11 is 0. The molecule has 5 atom stereocenters. The molecule has 0 saturated heterocycles. The molecule has 1 aliphatic heterocycles. The molecule has 3 aliphatic rings. The van der Waals surface area contributed by atoms with Crippen molar-refractivity contribution in [3.05, 3.63) is 23.5 Å². The standard InChI is InChI=1S/C24H36O5/c1-15-16(2)21(28-20(15)26)27-14-10-19(25)29-24(7)13-9-18-22(4,5)11-8-12-23(18,6)17(24)3/h10,14,17-18,21H,8-9,11-13H2,1-7H3/b14-10+/t17-,18+,21?,23-,24-/m1/s1. The van der Waals surface area contributed by atoms with Crippen LogP contribution < -0.4 is 0 Å². The molecule has 0 aromatic heterocycles. The predicted molar refractivity (Wildman–Crippen MR) is 111 cm³/mol. The van der Waals surface area contributed by atoms with Crippen molar-refractivity contribution in [2.75, 3.05) is 0 Å². The minimum atomic E-state index is -0.764. The molecule has 5 nitrogen and oxygen atoms in total. The first-order valence-corrected chi connectivity index (χ1v) is 10.8. The minimum absolute atomic E-state index is 0.173. The Labute approximate surface area is 174 Å². The number of hydrogen-bond donors (Lipinski definition) is 0. The number of ether oxygens (including phenoxy) is 3. The zero-order valence-corrected chi connectivity index (χ0v) is 19.0. The van der Waals surface area contributed by atoms with Gasteiger partial charge in [0, 0.05) is 17.1 Å². The number of fused-ring (bicyclic) bond motifs is 1. The average Bonchev–Trinajstić information content (AvgIpc) is 2.86. The first-order chi connectivity index (χ1) is 13.4. The van der Waals surface area contributed by atoms with Gasteiger partial charge in [0.2, 0.25) is 0 Å². The lowest BCUT2D eigenvalue weighted by atomic mass is 9.46. The summed E-state index contributed by atoms with van der Waals surface area (Å²) in [6.45, 7) is 15.0. The Bertz CT molecular complexity index is 748. The van der Waals surface area contributed by atoms with Gasteiger partial charge in [0.25, 0.3) is 6.29 Å². The molecule has 5 heteroatoms. The Morgan fingerprint density at radius 1 is 1.14 bits per heavy atom. The first-order valence-electron chi connectivity index (χ1n) is 10.8. The van der Waals surface area contributed by atoms with Gasteiger partial charge in [0.1, 0.15) is 5.60 Å². The van der Waals surface area contributed by atoms with Gasteiger partial charge in [-0.05, 0) is 63.2 Å². The predicted octanol–water partition coefficient (Wildman–Crippen LogP) is 5.30. The van der Waals surface area contributed by atoms with Crippen LogP contribution in [-0.2, 0) is 23.8 Å². The summed E-state index contributed by atoms with van der Waals surface area (Å²) in [6.07, 6.45) is 7.44. The lowest BCUT2D eigenvalue weighted by Gasteiger charge is -2.61. The quantitative estimate of drug-likeness (QED) is 0.361. The molecule has 29 heavy (non-hydrogen) atoms. The fourth-order valence-corrected chi connectivity index (χ4v) is 6.06. The summed E-state index contributed by atoms with van der Waals surface area (Å²) < 4.78 is 16.5. The van der Waals surface area contributed by atoms with Crippen molar-refractivity contribution in [3.63, 3.8) is 0 Å². The number of cyclic esters (lactones) is 1. The Morgan fingerprint density at radius 2 is 1.83 bits per heavy atom. The molecular weight excluding hydrogens is 368 g/mol. The Kier molecular flexibility index (Phi) is 5.65. The maximum atomic E-state index is 12.5. The van der Waals surface area contributed by atoms with E-state index >= 15 is 0 Å². The molecule has 162 valence electrons. The van der Waals surface area contributed by atoms with Gasteiger partial charge in [-0.2, -0.15) is 0 Å². The number of esters is 2. The monoisotopic (exact) mass is 404 g/mol. The van der Waals surface area contributed by atoms with Gasteiger partial charge < -0.3 is 14.2 Å². The van der Waals surface area contributed by atoms with E-state index in [0.29, 0.717) is 16.9 Å². The zero-order valence-electron chi connectivity index (χ0n) is 19.0. The largest absolute Gasteiger partial charge is 0.458 e. The molecule has 0 radical (unpaired) electrons. The van der Waals surface area contributed by atoms with Crippen LogP contribution in [0.1, 0.15) is 80.6 Å². The molecule has 3 rings (SSSR count). The molecule has 0 N–H and O–H groups in total. The van der Waals surface area contributed by atoms with Crippen molar-refractivity contribution >= 4 is 11.9 Å². The van der Waals surface area contributed by atoms with Crippen LogP contribution in [0, 0.1) is 22.7 Å². The van der Waals surface area contributed by atoms with Gasteiger partial charge in [-0.1, -0.05) is 34.1 Å². The Hall–Kier alpha value is -1.78. The van der Waals surface area contributed by atoms with Crippen molar-refractivity contribution in [2.45, 2.75) is 92.5 Å². The fraction of sp³-hybridized carbons (Fsp3) is 0.750. The number of carbonyl (C=O) groups is 2. The van der Waals surface area contributed by atoms with E-state index in [0.717, 1.165) is 18.4 Å². The molecule has 2 fully saturated rings. The van der Waals surface area contributed by atoms with Gasteiger partial charge in [0.05, 0.1) is 12.3 Å². The van der Waals surface area contributed by atoms with Crippen molar-refractivity contribution < 1.29 is 23.8 Å². The molecule has 2 saturated carbocycles. The third-order valence-electron chi connectivity index (χ3n) is 8.32. The van der Waals surface area contributed by atoms with E-state index in [1.165, 1.54) is 31.6 Å². The van der Waals surface area contributed by atoms with Crippen LogP contribution in [0.2, 0.25) is 0 Å². The molecule has 1 unspecified atom stereocenters. The minimum Gasteiger partial charge on any atom is -0.458 e. The van der Waals surface area contributed by atoms with Crippen molar-refractivity contribution in [3.8, 4) is 0 Å². The fourth-order valence-electron chi connectivity index (χ4n) is 6.06. The van der Waals surface area contributed by atoms with Gasteiger partial charge in [0.15, 0.2) is 0 Å². The lowest BCUT2D eigenvalue weighted by Crippen LogP contribution is -2.57. The molecule has 0 bridgehead atoms. The molecule has 0 spiro atoms. The molecule has 0 amide bonds. The lowest BCUT2D eigenvalue weighted by molar-refractivity contribution is -0.191. The highest BCUT2D eigenvalue weighted by Gasteiger charge is 2.58. The Morgan fingerprint density at radius 3 is 2.45 bits per heavy atom. The molecule has 1 heterocycles. The third-order valence-corrected chi connectivity index (χ3v) is 8.32. The summed E-state index contributed by atoms with van der Waals surface area (Å²) in [5.74, 6) is 0.124. The highest BCUT2D eigenvalue weighted by Crippen LogP contribution is 2.62. The van der Waals surface area contributed by atoms with E-state index in [2.05, 4.69) is 34.6 Å². The maximum Gasteiger partial charge on any atom is 0.337 e. The van der Waals surface area contributed by atoms with Gasteiger partial charge in [-0.3, -0.25) is 0 Å². The number of hydrogen-bond acceptors (Lipinski definition) is 5. The topological polar surface area (TPSA) is 61.8 Å². The van der Waals surface area contributed by atoms with Crippen molar-refractivity contribution in [1.29, 1.82) is 0 Å². The maximum absolute atomic E-state index is 12.5. The van der Waals surface area contributed by atoms with Gasteiger partial charge in [-0.25, -0.2) is 9.59 Å². The molecular formula is C24H36O5. The van der Waals surface area contributed by atoms with Crippen LogP contribution in [0.5, 0.6) is 0 Å². The van der Waals surface area contributed by atoms with Crippen LogP contribution in [0.3, 0.4) is 0 Å². The van der Waals surface area contributed by atoms with Crippen molar-refractivity contribution in [1.82, 2.24) is 0 Å². The second kappa shape index (κ2) is 7.48. The molecule has 0 aromatic rings. The molecule has 2 aliphatic carbocycles. The summed E-state index contributed by atoms with van der Waals surface area (Å²) in [5.41, 5.74) is 1.29. The van der Waals surface area contributed by atoms with Crippen LogP contribution in [0.25, 0.3) is 0 Å². The summed E-state index contributed by atoms with van der Waals surface area (Å²) in [4.78, 5) is 24.1. The van der Waals surface area contributed by atoms with E-state index in [1.54, 1.807) is 13.8 Å². The van der Waals surface area contributed by atoms with E-state index in [9.17, 15) is 9.59 Å². The van der Waals surface area contributed by atoms with Crippen LogP contribution in [0.4, 0.5) is 0 Å². The normalized spacial score (nSPS) is 39.3. The van der Waals surface area contributed by atoms with Gasteiger partial charge >= 0.3 is 11.9 Å². The summed E-state index contributed by atoms with van der Waals surface area (Å²) in [5, 5.41) is 0. The van der Waals surface area contributed by atoms with Crippen LogP contribution >= 0.6 is 0 Å². The van der Waals surface area contributed by atoms with Crippen molar-refractivity contribution in [2.24, 2.45) is 22.7 Å². The van der Waals surface area contributed by atoms with E-state index in [4.69, 9.17) is 14.2 Å². The number of carbonyl (C=O) groups excluding carboxylic acids is 2. The van der Waals surface area contributed by atoms with E-state index in [1.807, 2.05) is 0 Å². The Balaban J connectivity index is 1.64. The first kappa shape index (κ1) is 21.9. The SMILES string of the molecule is CC1=C(C)C(O/C=C/C(=O)O[C@]2(C)CC[C@H]3C(C)(C)CCC[C@]3(C)[C@H]2C)OC1=O. The zero-order chi connectivity index (χ0) is 21.6. The van der Waals surface area contributed by atoms with Crippen LogP contribution in [-0.4, -0.2) is 23.8 Å². The smallest absolute Gasteiger partial charge is 0.337 e. The highest BCUT2D eigenvalue weighted by molar-refractivity contribution is 5.91. The van der Waals surface area contributed by atoms with Crippen LogP contribution in [0.15, 0.2) is 23.5 Å². The van der Waals surface area contributed by atoms with E-state index < -0.39 is 17.9 Å². The average molecular weight is 405 g/mol. The second-order valence-electron chi connectivity index (χ2n) is 10.4. The highest BCUT2D eigenvalue weighted by atomic mass is 16.7. The van der Waals surface area contributed by atoms with E-state index in [-0.39, 0.29) is 17.3 Å². The summed E-state index contributed by atoms with van der Waals surface area (Å²) in [6, 6.07) is 0. The second-order valence-corrected chi connectivity index (χ2v) is 10.4. The molecule has 0 aromatic carbocycles. The third kappa shape index (κ3) is 3.85.